The maximum Gasteiger partial charge on any atom is 0.433 e. The molecule has 178 valence electrons. The molecule has 33 heavy (non-hydrogen) atoms. The summed E-state index contributed by atoms with van der Waals surface area (Å²) in [5.74, 6) is -2.76. The van der Waals surface area contributed by atoms with Crippen LogP contribution in [-0.4, -0.2) is 40.2 Å². The molecule has 4 rings (SSSR count). The Morgan fingerprint density at radius 2 is 1.91 bits per heavy atom. The molecule has 1 aromatic heterocycles. The third kappa shape index (κ3) is 4.58. The number of benzene rings is 1. The van der Waals surface area contributed by atoms with Crippen LogP contribution in [0.4, 0.5) is 17.6 Å². The second-order valence-electron chi connectivity index (χ2n) is 8.46. The molecular formula is C22H22ClF4N3O3. The average Bonchev–Trinajstić information content (AvgIpc) is 3.34. The number of carbonyl (C=O) groups excluding carboxylic acids is 2. The van der Waals surface area contributed by atoms with Crippen molar-refractivity contribution in [3.8, 4) is 0 Å². The van der Waals surface area contributed by atoms with Crippen LogP contribution in [0.1, 0.15) is 53.7 Å². The number of likely N-dealkylation sites (tertiary alicyclic amines) is 1. The Kier molecular flexibility index (Phi) is 6.15. The Morgan fingerprint density at radius 3 is 2.52 bits per heavy atom. The number of nitrogens with zero attached hydrogens (tertiary/aromatic N) is 3. The molecule has 2 aromatic rings. The van der Waals surface area contributed by atoms with Gasteiger partial charge >= 0.3 is 12.1 Å². The van der Waals surface area contributed by atoms with Gasteiger partial charge in [-0.25, -0.2) is 4.39 Å². The van der Waals surface area contributed by atoms with Crippen LogP contribution in [0.15, 0.2) is 18.2 Å². The summed E-state index contributed by atoms with van der Waals surface area (Å²) >= 11 is 6.40. The van der Waals surface area contributed by atoms with Gasteiger partial charge in [0.05, 0.1) is 24.8 Å². The summed E-state index contributed by atoms with van der Waals surface area (Å²) in [5.41, 5.74) is -0.0670. The number of hydrogen-bond donors (Lipinski definition) is 0. The van der Waals surface area contributed by atoms with Crippen molar-refractivity contribution in [1.29, 1.82) is 0 Å². The summed E-state index contributed by atoms with van der Waals surface area (Å²) in [4.78, 5) is 26.9. The smallest absolute Gasteiger partial charge is 0.433 e. The van der Waals surface area contributed by atoms with Gasteiger partial charge in [0.2, 0.25) is 5.91 Å². The van der Waals surface area contributed by atoms with Crippen molar-refractivity contribution in [2.45, 2.75) is 50.9 Å². The Labute approximate surface area is 192 Å². The first-order valence-corrected chi connectivity index (χ1v) is 10.9. The molecule has 1 saturated carbocycles. The van der Waals surface area contributed by atoms with Gasteiger partial charge in [-0.1, -0.05) is 11.6 Å². The van der Waals surface area contributed by atoms with Crippen molar-refractivity contribution in [2.24, 2.45) is 5.92 Å². The number of esters is 1. The van der Waals surface area contributed by atoms with Crippen LogP contribution in [-0.2, 0) is 27.0 Å². The van der Waals surface area contributed by atoms with Gasteiger partial charge in [-0.3, -0.25) is 14.3 Å². The average molecular weight is 488 g/mol. The molecule has 0 radical (unpaired) electrons. The summed E-state index contributed by atoms with van der Waals surface area (Å²) in [6.45, 7) is 0.993. The highest BCUT2D eigenvalue weighted by Gasteiger charge is 2.45. The normalized spacial score (nSPS) is 20.9. The summed E-state index contributed by atoms with van der Waals surface area (Å²) < 4.78 is 60.4. The largest absolute Gasteiger partial charge is 0.469 e. The molecule has 1 unspecified atom stereocenters. The van der Waals surface area contributed by atoms with Crippen LogP contribution in [0.5, 0.6) is 0 Å². The highest BCUT2D eigenvalue weighted by Crippen LogP contribution is 2.43. The highest BCUT2D eigenvalue weighted by molar-refractivity contribution is 6.32. The van der Waals surface area contributed by atoms with E-state index in [1.165, 1.54) is 18.1 Å². The zero-order chi connectivity index (χ0) is 24.1. The SMILES string of the molecule is COC(=O)C1CCN(C(=O)Cn2nc(C3CC3)cc2C(F)(F)F)[C@H]1c1cc(F)cc(C)c1Cl. The summed E-state index contributed by atoms with van der Waals surface area (Å²) in [6, 6.07) is 2.37. The monoisotopic (exact) mass is 487 g/mol. The van der Waals surface area contributed by atoms with E-state index in [4.69, 9.17) is 16.3 Å². The van der Waals surface area contributed by atoms with Crippen molar-refractivity contribution in [2.75, 3.05) is 13.7 Å². The molecule has 11 heteroatoms. The Hall–Kier alpha value is -2.62. The lowest BCUT2D eigenvalue weighted by Gasteiger charge is -2.29. The van der Waals surface area contributed by atoms with Crippen LogP contribution in [0.25, 0.3) is 0 Å². The number of amides is 1. The zero-order valence-electron chi connectivity index (χ0n) is 18.0. The fraction of sp³-hybridized carbons (Fsp3) is 0.500. The van der Waals surface area contributed by atoms with E-state index >= 15 is 0 Å². The Morgan fingerprint density at radius 1 is 1.21 bits per heavy atom. The number of hydrogen-bond acceptors (Lipinski definition) is 4. The number of aromatic nitrogens is 2. The molecule has 1 aliphatic carbocycles. The third-order valence-electron chi connectivity index (χ3n) is 6.16. The van der Waals surface area contributed by atoms with Gasteiger partial charge in [0, 0.05) is 17.5 Å². The quantitative estimate of drug-likeness (QED) is 0.455. The number of carbonyl (C=O) groups is 2. The van der Waals surface area contributed by atoms with Crippen LogP contribution in [0.2, 0.25) is 5.02 Å². The molecule has 1 aliphatic heterocycles. The lowest BCUT2D eigenvalue weighted by Crippen LogP contribution is -2.37. The van der Waals surface area contributed by atoms with Crippen molar-refractivity contribution in [3.63, 3.8) is 0 Å². The first-order chi connectivity index (χ1) is 15.5. The van der Waals surface area contributed by atoms with E-state index in [1.54, 1.807) is 6.92 Å². The molecular weight excluding hydrogens is 466 g/mol. The van der Waals surface area contributed by atoms with E-state index in [-0.39, 0.29) is 29.5 Å². The predicted molar refractivity (Wildman–Crippen MR) is 110 cm³/mol. The fourth-order valence-corrected chi connectivity index (χ4v) is 4.63. The lowest BCUT2D eigenvalue weighted by molar-refractivity contribution is -0.147. The predicted octanol–water partition coefficient (Wildman–Crippen LogP) is 4.64. The maximum atomic E-state index is 14.2. The Balaban J connectivity index is 1.69. The molecule has 0 spiro atoms. The number of aryl methyl sites for hydroxylation is 1. The summed E-state index contributed by atoms with van der Waals surface area (Å²) in [7, 11) is 1.20. The fourth-order valence-electron chi connectivity index (χ4n) is 4.40. The second kappa shape index (κ2) is 8.62. The van der Waals surface area contributed by atoms with E-state index in [9.17, 15) is 27.2 Å². The van der Waals surface area contributed by atoms with E-state index in [0.717, 1.165) is 25.0 Å². The summed E-state index contributed by atoms with van der Waals surface area (Å²) in [5, 5.41) is 4.22. The topological polar surface area (TPSA) is 64.4 Å². The van der Waals surface area contributed by atoms with Crippen LogP contribution >= 0.6 is 11.6 Å². The van der Waals surface area contributed by atoms with E-state index in [1.807, 2.05) is 0 Å². The second-order valence-corrected chi connectivity index (χ2v) is 8.84. The van der Waals surface area contributed by atoms with Crippen LogP contribution in [0.3, 0.4) is 0 Å². The van der Waals surface area contributed by atoms with Crippen molar-refractivity contribution < 1.29 is 31.9 Å². The molecule has 1 aromatic carbocycles. The van der Waals surface area contributed by atoms with Gasteiger partial charge in [0.1, 0.15) is 18.1 Å². The van der Waals surface area contributed by atoms with E-state index < -0.39 is 48.1 Å². The molecule has 1 saturated heterocycles. The zero-order valence-corrected chi connectivity index (χ0v) is 18.7. The molecule has 2 atom stereocenters. The van der Waals surface area contributed by atoms with E-state index in [0.29, 0.717) is 15.9 Å². The molecule has 2 aliphatic rings. The maximum absolute atomic E-state index is 14.2. The number of methoxy groups -OCH3 is 1. The molecule has 6 nitrogen and oxygen atoms in total. The number of rotatable bonds is 5. The molecule has 0 bridgehead atoms. The van der Waals surface area contributed by atoms with Crippen LogP contribution < -0.4 is 0 Å². The minimum Gasteiger partial charge on any atom is -0.469 e. The molecule has 0 N–H and O–H groups in total. The summed E-state index contributed by atoms with van der Waals surface area (Å²) in [6.07, 6.45) is -2.96. The number of ether oxygens (including phenoxy) is 1. The lowest BCUT2D eigenvalue weighted by atomic mass is 9.92. The minimum atomic E-state index is -4.68. The van der Waals surface area contributed by atoms with Crippen molar-refractivity contribution in [3.05, 3.63) is 51.6 Å². The van der Waals surface area contributed by atoms with Crippen LogP contribution in [0, 0.1) is 18.7 Å². The van der Waals surface area contributed by atoms with Crippen molar-refractivity contribution in [1.82, 2.24) is 14.7 Å². The molecule has 1 amide bonds. The number of alkyl halides is 3. The number of halogens is 5. The minimum absolute atomic E-state index is 0.0280. The first kappa shape index (κ1) is 23.5. The van der Waals surface area contributed by atoms with E-state index in [2.05, 4.69) is 5.10 Å². The molecule has 2 heterocycles. The third-order valence-corrected chi connectivity index (χ3v) is 6.67. The van der Waals surface area contributed by atoms with Gasteiger partial charge in [-0.05, 0) is 55.5 Å². The van der Waals surface area contributed by atoms with Crippen molar-refractivity contribution >= 4 is 23.5 Å². The highest BCUT2D eigenvalue weighted by atomic mass is 35.5. The first-order valence-electron chi connectivity index (χ1n) is 10.5. The molecule has 2 fully saturated rings. The van der Waals surface area contributed by atoms with Gasteiger partial charge < -0.3 is 9.64 Å². The Bertz CT molecular complexity index is 1100. The van der Waals surface area contributed by atoms with Gasteiger partial charge in [0.25, 0.3) is 0 Å². The van der Waals surface area contributed by atoms with Gasteiger partial charge in [0.15, 0.2) is 0 Å². The van der Waals surface area contributed by atoms with Gasteiger partial charge in [-0.2, -0.15) is 18.3 Å². The van der Waals surface area contributed by atoms with Gasteiger partial charge in [-0.15, -0.1) is 0 Å². The standard InChI is InChI=1S/C22H22ClF4N3O3/c1-11-7-13(24)8-15(19(11)23)20-14(21(32)33-2)5-6-29(20)18(31)10-30-17(22(25,26)27)9-16(28-30)12-3-4-12/h7-9,12,14,20H,3-6,10H2,1-2H3/t14?,20-/m1/s1.